The van der Waals surface area contributed by atoms with Crippen LogP contribution in [-0.4, -0.2) is 48.3 Å². The second-order valence-electron chi connectivity index (χ2n) is 6.68. The molecular formula is C15H25N7. The van der Waals surface area contributed by atoms with Crippen molar-refractivity contribution in [2.24, 2.45) is 18.7 Å². The molecule has 0 radical (unpaired) electrons. The summed E-state index contributed by atoms with van der Waals surface area (Å²) >= 11 is 0. The van der Waals surface area contributed by atoms with Crippen molar-refractivity contribution < 1.29 is 0 Å². The van der Waals surface area contributed by atoms with Gasteiger partial charge in [-0.2, -0.15) is 5.10 Å². The lowest BCUT2D eigenvalue weighted by Gasteiger charge is -2.16. The summed E-state index contributed by atoms with van der Waals surface area (Å²) in [5.74, 6) is 1.87. The Bertz CT molecular complexity index is 615. The molecule has 2 aromatic heterocycles. The standard InChI is InChI=1S/C15H25N7/c1-11(2)4-22-15(17-9-19-22)8-21-5-12(13(16)6-21)14-7-20(3)10-18-14/h7,9-13H,4-6,8,16H2,1-3H3/t12-,13-/m1/s1. The van der Waals surface area contributed by atoms with Gasteiger partial charge in [0.25, 0.3) is 0 Å². The Morgan fingerprint density at radius 3 is 2.82 bits per heavy atom. The summed E-state index contributed by atoms with van der Waals surface area (Å²) in [7, 11) is 1.99. The van der Waals surface area contributed by atoms with E-state index in [-0.39, 0.29) is 6.04 Å². The van der Waals surface area contributed by atoms with Gasteiger partial charge in [0, 0.05) is 44.8 Å². The van der Waals surface area contributed by atoms with Crippen LogP contribution in [0.15, 0.2) is 18.9 Å². The molecule has 0 bridgehead atoms. The van der Waals surface area contributed by atoms with E-state index in [1.165, 1.54) is 0 Å². The minimum atomic E-state index is 0.122. The second-order valence-corrected chi connectivity index (χ2v) is 6.68. The Morgan fingerprint density at radius 2 is 2.14 bits per heavy atom. The van der Waals surface area contributed by atoms with E-state index in [1.807, 2.05) is 22.6 Å². The highest BCUT2D eigenvalue weighted by Gasteiger charge is 2.33. The Balaban J connectivity index is 1.66. The fourth-order valence-electron chi connectivity index (χ4n) is 3.09. The normalized spacial score (nSPS) is 22.8. The van der Waals surface area contributed by atoms with Gasteiger partial charge >= 0.3 is 0 Å². The Morgan fingerprint density at radius 1 is 1.32 bits per heavy atom. The average molecular weight is 303 g/mol. The van der Waals surface area contributed by atoms with Gasteiger partial charge in [0.1, 0.15) is 12.2 Å². The number of imidazole rings is 1. The summed E-state index contributed by atoms with van der Waals surface area (Å²) in [4.78, 5) is 11.2. The summed E-state index contributed by atoms with van der Waals surface area (Å²) in [6, 6.07) is 0.122. The second kappa shape index (κ2) is 6.18. The number of hydrogen-bond donors (Lipinski definition) is 1. The molecule has 7 nitrogen and oxygen atoms in total. The molecule has 2 atom stereocenters. The fourth-order valence-corrected chi connectivity index (χ4v) is 3.09. The van der Waals surface area contributed by atoms with Crippen molar-refractivity contribution in [1.29, 1.82) is 0 Å². The molecule has 1 aliphatic heterocycles. The minimum absolute atomic E-state index is 0.122. The van der Waals surface area contributed by atoms with Crippen molar-refractivity contribution in [2.75, 3.05) is 13.1 Å². The van der Waals surface area contributed by atoms with Crippen LogP contribution in [0.2, 0.25) is 0 Å². The van der Waals surface area contributed by atoms with Gasteiger partial charge in [0.05, 0.1) is 18.6 Å². The first-order chi connectivity index (χ1) is 10.5. The van der Waals surface area contributed by atoms with Crippen molar-refractivity contribution in [2.45, 2.75) is 38.9 Å². The molecule has 3 heterocycles. The van der Waals surface area contributed by atoms with Crippen molar-refractivity contribution in [3.63, 3.8) is 0 Å². The Labute approximate surface area is 131 Å². The smallest absolute Gasteiger partial charge is 0.141 e. The molecule has 1 aliphatic rings. The monoisotopic (exact) mass is 303 g/mol. The topological polar surface area (TPSA) is 77.8 Å². The van der Waals surface area contributed by atoms with Gasteiger partial charge in [-0.1, -0.05) is 13.8 Å². The van der Waals surface area contributed by atoms with E-state index in [0.29, 0.717) is 11.8 Å². The molecule has 120 valence electrons. The molecule has 0 aromatic carbocycles. The number of aromatic nitrogens is 5. The average Bonchev–Trinajstić information content (AvgIpc) is 3.12. The number of nitrogens with two attached hydrogens (primary N) is 1. The minimum Gasteiger partial charge on any atom is -0.340 e. The number of hydrogen-bond acceptors (Lipinski definition) is 5. The predicted octanol–water partition coefficient (Wildman–Crippen LogP) is 0.594. The largest absolute Gasteiger partial charge is 0.340 e. The van der Waals surface area contributed by atoms with Gasteiger partial charge in [-0.3, -0.25) is 4.90 Å². The molecule has 2 N–H and O–H groups in total. The molecule has 0 unspecified atom stereocenters. The lowest BCUT2D eigenvalue weighted by molar-refractivity contribution is 0.302. The zero-order chi connectivity index (χ0) is 15.7. The predicted molar refractivity (Wildman–Crippen MR) is 84.1 cm³/mol. The molecule has 3 rings (SSSR count). The maximum atomic E-state index is 6.32. The third-order valence-electron chi connectivity index (χ3n) is 4.14. The number of likely N-dealkylation sites (tertiary alicyclic amines) is 1. The molecular weight excluding hydrogens is 278 g/mol. The zero-order valence-electron chi connectivity index (χ0n) is 13.6. The van der Waals surface area contributed by atoms with Gasteiger partial charge in [-0.05, 0) is 5.92 Å². The zero-order valence-corrected chi connectivity index (χ0v) is 13.6. The number of rotatable bonds is 5. The first-order valence-electron chi connectivity index (χ1n) is 7.85. The van der Waals surface area contributed by atoms with E-state index in [1.54, 1.807) is 6.33 Å². The van der Waals surface area contributed by atoms with Gasteiger partial charge in [-0.25, -0.2) is 14.6 Å². The number of nitrogens with zero attached hydrogens (tertiary/aromatic N) is 6. The van der Waals surface area contributed by atoms with Crippen LogP contribution in [0.25, 0.3) is 0 Å². The van der Waals surface area contributed by atoms with Crippen LogP contribution in [0.4, 0.5) is 0 Å². The molecule has 2 aromatic rings. The van der Waals surface area contributed by atoms with Gasteiger partial charge < -0.3 is 10.3 Å². The SMILES string of the molecule is CC(C)Cn1ncnc1CN1C[C@@H](N)[C@H](c2cn(C)cn2)C1. The summed E-state index contributed by atoms with van der Waals surface area (Å²) in [6.45, 7) is 7.87. The van der Waals surface area contributed by atoms with E-state index in [9.17, 15) is 0 Å². The molecule has 0 spiro atoms. The number of aryl methyl sites for hydroxylation is 1. The maximum absolute atomic E-state index is 6.32. The Hall–Kier alpha value is -1.73. The van der Waals surface area contributed by atoms with Crippen LogP contribution in [0.1, 0.15) is 31.3 Å². The third-order valence-corrected chi connectivity index (χ3v) is 4.14. The fraction of sp³-hybridized carbons (Fsp3) is 0.667. The molecule has 0 aliphatic carbocycles. The van der Waals surface area contributed by atoms with Crippen molar-refractivity contribution in [3.05, 3.63) is 30.4 Å². The first-order valence-corrected chi connectivity index (χ1v) is 7.85. The first kappa shape index (κ1) is 15.2. The van der Waals surface area contributed by atoms with Crippen LogP contribution in [0.3, 0.4) is 0 Å². The highest BCUT2D eigenvalue weighted by atomic mass is 15.4. The van der Waals surface area contributed by atoms with Crippen LogP contribution in [0, 0.1) is 5.92 Å². The molecule has 0 saturated carbocycles. The summed E-state index contributed by atoms with van der Waals surface area (Å²) in [5, 5.41) is 4.33. The van der Waals surface area contributed by atoms with Crippen molar-refractivity contribution in [3.8, 4) is 0 Å². The van der Waals surface area contributed by atoms with Crippen LogP contribution in [-0.2, 0) is 20.1 Å². The van der Waals surface area contributed by atoms with Crippen LogP contribution < -0.4 is 5.73 Å². The van der Waals surface area contributed by atoms with E-state index >= 15 is 0 Å². The van der Waals surface area contributed by atoms with Crippen molar-refractivity contribution in [1.82, 2.24) is 29.2 Å². The van der Waals surface area contributed by atoms with E-state index < -0.39 is 0 Å². The van der Waals surface area contributed by atoms with Gasteiger partial charge in [-0.15, -0.1) is 0 Å². The van der Waals surface area contributed by atoms with Crippen molar-refractivity contribution >= 4 is 0 Å². The summed E-state index contributed by atoms with van der Waals surface area (Å²) < 4.78 is 3.98. The summed E-state index contributed by atoms with van der Waals surface area (Å²) in [6.07, 6.45) is 5.54. The molecule has 0 amide bonds. The van der Waals surface area contributed by atoms with Gasteiger partial charge in [0.2, 0.25) is 0 Å². The van der Waals surface area contributed by atoms with Gasteiger partial charge in [0.15, 0.2) is 0 Å². The van der Waals surface area contributed by atoms with E-state index in [0.717, 1.165) is 37.7 Å². The summed E-state index contributed by atoms with van der Waals surface area (Å²) in [5.41, 5.74) is 7.41. The van der Waals surface area contributed by atoms with E-state index in [4.69, 9.17) is 5.73 Å². The lowest BCUT2D eigenvalue weighted by Crippen LogP contribution is -2.29. The van der Waals surface area contributed by atoms with Crippen LogP contribution in [0.5, 0.6) is 0 Å². The molecule has 7 heteroatoms. The highest BCUT2D eigenvalue weighted by Crippen LogP contribution is 2.26. The maximum Gasteiger partial charge on any atom is 0.141 e. The quantitative estimate of drug-likeness (QED) is 0.875. The molecule has 1 fully saturated rings. The Kier molecular flexibility index (Phi) is 4.26. The van der Waals surface area contributed by atoms with E-state index in [2.05, 4.69) is 40.0 Å². The molecule has 22 heavy (non-hydrogen) atoms. The highest BCUT2D eigenvalue weighted by molar-refractivity contribution is 5.12. The third kappa shape index (κ3) is 3.20. The molecule has 1 saturated heterocycles. The lowest BCUT2D eigenvalue weighted by atomic mass is 10.0. The van der Waals surface area contributed by atoms with Crippen LogP contribution >= 0.6 is 0 Å².